The molecule has 0 atom stereocenters. The lowest BCUT2D eigenvalue weighted by atomic mass is 10.3. The van der Waals surface area contributed by atoms with Crippen LogP contribution in [0.25, 0.3) is 10.2 Å². The molecule has 0 saturated heterocycles. The largest absolute Gasteiger partial charge is 0.315 e. The molecule has 1 N–H and O–H groups in total. The number of halogens is 1. The third kappa shape index (κ3) is 2.14. The second kappa shape index (κ2) is 4.30. The maximum absolute atomic E-state index is 13.1. The van der Waals surface area contributed by atoms with Gasteiger partial charge in [-0.2, -0.15) is 5.10 Å². The Balaban J connectivity index is 1.92. The fourth-order valence-electron chi connectivity index (χ4n) is 1.53. The van der Waals surface area contributed by atoms with Gasteiger partial charge in [0.05, 0.1) is 15.9 Å². The Morgan fingerprint density at radius 1 is 1.17 bits per heavy atom. The summed E-state index contributed by atoms with van der Waals surface area (Å²) in [6.45, 7) is 1.87. The van der Waals surface area contributed by atoms with Gasteiger partial charge in [-0.25, -0.2) is 9.37 Å². The van der Waals surface area contributed by atoms with Crippen molar-refractivity contribution >= 4 is 32.5 Å². The first-order valence-electron chi connectivity index (χ1n) is 5.34. The second-order valence-electron chi connectivity index (χ2n) is 3.82. The van der Waals surface area contributed by atoms with Gasteiger partial charge in [0.25, 0.3) is 0 Å². The van der Waals surface area contributed by atoms with E-state index in [1.54, 1.807) is 6.07 Å². The van der Waals surface area contributed by atoms with E-state index >= 15 is 0 Å². The van der Waals surface area contributed by atoms with Gasteiger partial charge in [0.15, 0.2) is 10.9 Å². The Hall–Kier alpha value is -2.08. The number of nitrogens with zero attached hydrogens (tertiary/aromatic N) is 3. The molecule has 0 bridgehead atoms. The van der Waals surface area contributed by atoms with E-state index in [0.717, 1.165) is 15.9 Å². The van der Waals surface area contributed by atoms with Crippen LogP contribution in [0, 0.1) is 12.7 Å². The van der Waals surface area contributed by atoms with Crippen LogP contribution in [0.1, 0.15) is 5.69 Å². The molecule has 0 spiro atoms. The molecule has 0 fully saturated rings. The third-order valence-corrected chi connectivity index (χ3v) is 3.32. The van der Waals surface area contributed by atoms with Gasteiger partial charge in [0.1, 0.15) is 5.82 Å². The first kappa shape index (κ1) is 11.0. The van der Waals surface area contributed by atoms with Crippen LogP contribution in [0.3, 0.4) is 0 Å². The van der Waals surface area contributed by atoms with Crippen molar-refractivity contribution < 1.29 is 4.39 Å². The van der Waals surface area contributed by atoms with Gasteiger partial charge in [-0.1, -0.05) is 11.3 Å². The van der Waals surface area contributed by atoms with E-state index in [-0.39, 0.29) is 5.82 Å². The van der Waals surface area contributed by atoms with Crippen molar-refractivity contribution in [2.75, 3.05) is 5.32 Å². The SMILES string of the molecule is Cc1ccc(Nc2nc3ccc(F)cc3s2)nn1. The number of thiazole rings is 1. The molecule has 2 aromatic heterocycles. The van der Waals surface area contributed by atoms with Crippen LogP contribution in [0.15, 0.2) is 30.3 Å². The number of hydrogen-bond donors (Lipinski definition) is 1. The van der Waals surface area contributed by atoms with Crippen LogP contribution in [-0.4, -0.2) is 15.2 Å². The first-order chi connectivity index (χ1) is 8.70. The van der Waals surface area contributed by atoms with Crippen molar-refractivity contribution in [1.29, 1.82) is 0 Å². The zero-order valence-electron chi connectivity index (χ0n) is 9.51. The van der Waals surface area contributed by atoms with Gasteiger partial charge < -0.3 is 5.32 Å². The predicted octanol–water partition coefficient (Wildman–Crippen LogP) is 3.28. The lowest BCUT2D eigenvalue weighted by Crippen LogP contribution is -1.95. The third-order valence-electron chi connectivity index (χ3n) is 2.38. The number of aryl methyl sites for hydroxylation is 1. The van der Waals surface area contributed by atoms with Gasteiger partial charge in [0.2, 0.25) is 0 Å². The standard InChI is InChI=1S/C12H9FN4S/c1-7-2-5-11(17-16-7)15-12-14-9-4-3-8(13)6-10(9)18-12/h2-6H,1H3,(H,14,15,17). The lowest BCUT2D eigenvalue weighted by molar-refractivity contribution is 0.630. The van der Waals surface area contributed by atoms with Crippen molar-refractivity contribution in [3.63, 3.8) is 0 Å². The van der Waals surface area contributed by atoms with Crippen molar-refractivity contribution in [2.24, 2.45) is 0 Å². The molecule has 0 aliphatic rings. The molecule has 0 aliphatic heterocycles. The highest BCUT2D eigenvalue weighted by Gasteiger charge is 2.05. The maximum Gasteiger partial charge on any atom is 0.189 e. The van der Waals surface area contributed by atoms with E-state index < -0.39 is 0 Å². The molecule has 0 amide bonds. The number of hydrogen-bond acceptors (Lipinski definition) is 5. The average Bonchev–Trinajstić information content (AvgIpc) is 2.73. The predicted molar refractivity (Wildman–Crippen MR) is 69.6 cm³/mol. The molecular formula is C12H9FN4S. The van der Waals surface area contributed by atoms with Crippen LogP contribution in [0.5, 0.6) is 0 Å². The molecule has 4 nitrogen and oxygen atoms in total. The van der Waals surface area contributed by atoms with E-state index in [0.29, 0.717) is 10.9 Å². The molecule has 1 aromatic carbocycles. The summed E-state index contributed by atoms with van der Waals surface area (Å²) in [5.41, 5.74) is 1.62. The normalized spacial score (nSPS) is 10.8. The Labute approximate surface area is 107 Å². The highest BCUT2D eigenvalue weighted by molar-refractivity contribution is 7.22. The summed E-state index contributed by atoms with van der Waals surface area (Å²) in [6.07, 6.45) is 0. The Morgan fingerprint density at radius 2 is 2.06 bits per heavy atom. The van der Waals surface area contributed by atoms with Gasteiger partial charge in [-0.15, -0.1) is 5.10 Å². The van der Waals surface area contributed by atoms with Crippen LogP contribution in [0.4, 0.5) is 15.3 Å². The van der Waals surface area contributed by atoms with Crippen LogP contribution in [0.2, 0.25) is 0 Å². The van der Waals surface area contributed by atoms with E-state index in [1.165, 1.54) is 23.5 Å². The number of anilines is 2. The number of nitrogens with one attached hydrogen (secondary N) is 1. The molecule has 90 valence electrons. The molecule has 3 rings (SSSR count). The Morgan fingerprint density at radius 3 is 2.83 bits per heavy atom. The van der Waals surface area contributed by atoms with Crippen molar-refractivity contribution in [3.8, 4) is 0 Å². The highest BCUT2D eigenvalue weighted by atomic mass is 32.1. The monoisotopic (exact) mass is 260 g/mol. The van der Waals surface area contributed by atoms with E-state index in [2.05, 4.69) is 20.5 Å². The van der Waals surface area contributed by atoms with E-state index in [9.17, 15) is 4.39 Å². The van der Waals surface area contributed by atoms with Crippen molar-refractivity contribution in [2.45, 2.75) is 6.92 Å². The smallest absolute Gasteiger partial charge is 0.189 e. The minimum Gasteiger partial charge on any atom is -0.315 e. The Kier molecular flexibility index (Phi) is 2.64. The molecule has 18 heavy (non-hydrogen) atoms. The summed E-state index contributed by atoms with van der Waals surface area (Å²) in [4.78, 5) is 4.34. The summed E-state index contributed by atoms with van der Waals surface area (Å²) in [7, 11) is 0. The summed E-state index contributed by atoms with van der Waals surface area (Å²) in [5.74, 6) is 0.368. The van der Waals surface area contributed by atoms with Crippen LogP contribution >= 0.6 is 11.3 Å². The molecule has 0 aliphatic carbocycles. The summed E-state index contributed by atoms with van der Waals surface area (Å²) in [6, 6.07) is 8.22. The zero-order valence-corrected chi connectivity index (χ0v) is 10.3. The van der Waals surface area contributed by atoms with E-state index in [1.807, 2.05) is 19.1 Å². The van der Waals surface area contributed by atoms with Crippen LogP contribution < -0.4 is 5.32 Å². The van der Waals surface area contributed by atoms with Gasteiger partial charge in [0, 0.05) is 0 Å². The lowest BCUT2D eigenvalue weighted by Gasteiger charge is -1.99. The maximum atomic E-state index is 13.1. The number of rotatable bonds is 2. The zero-order chi connectivity index (χ0) is 12.5. The number of aromatic nitrogens is 3. The van der Waals surface area contributed by atoms with Crippen molar-refractivity contribution in [3.05, 3.63) is 41.8 Å². The molecule has 0 radical (unpaired) electrons. The van der Waals surface area contributed by atoms with E-state index in [4.69, 9.17) is 0 Å². The summed E-state index contributed by atoms with van der Waals surface area (Å²) < 4.78 is 13.9. The molecule has 0 saturated carbocycles. The summed E-state index contributed by atoms with van der Waals surface area (Å²) >= 11 is 1.38. The fraction of sp³-hybridized carbons (Fsp3) is 0.0833. The topological polar surface area (TPSA) is 50.7 Å². The first-order valence-corrected chi connectivity index (χ1v) is 6.16. The molecule has 2 heterocycles. The van der Waals surface area contributed by atoms with Crippen LogP contribution in [-0.2, 0) is 0 Å². The second-order valence-corrected chi connectivity index (χ2v) is 4.85. The summed E-state index contributed by atoms with van der Waals surface area (Å²) in [5, 5.41) is 11.7. The molecular weight excluding hydrogens is 251 g/mol. The molecule has 3 aromatic rings. The van der Waals surface area contributed by atoms with Gasteiger partial charge in [-0.05, 0) is 37.3 Å². The highest BCUT2D eigenvalue weighted by Crippen LogP contribution is 2.28. The number of benzene rings is 1. The average molecular weight is 260 g/mol. The fourth-order valence-corrected chi connectivity index (χ4v) is 2.42. The van der Waals surface area contributed by atoms with Gasteiger partial charge >= 0.3 is 0 Å². The van der Waals surface area contributed by atoms with Crippen molar-refractivity contribution in [1.82, 2.24) is 15.2 Å². The molecule has 6 heteroatoms. The van der Waals surface area contributed by atoms with Gasteiger partial charge in [-0.3, -0.25) is 0 Å². The quantitative estimate of drug-likeness (QED) is 0.768. The minimum atomic E-state index is -0.257. The Bertz CT molecular complexity index is 693. The molecule has 0 unspecified atom stereocenters. The number of fused-ring (bicyclic) bond motifs is 1. The minimum absolute atomic E-state index is 0.257.